The lowest BCUT2D eigenvalue weighted by Crippen LogP contribution is -2.47. The van der Waals surface area contributed by atoms with Crippen LogP contribution in [0.15, 0.2) is 18.3 Å². The normalized spacial score (nSPS) is 21.6. The van der Waals surface area contributed by atoms with Gasteiger partial charge in [0.15, 0.2) is 0 Å². The van der Waals surface area contributed by atoms with Crippen molar-refractivity contribution in [2.45, 2.75) is 51.6 Å². The van der Waals surface area contributed by atoms with E-state index in [0.717, 1.165) is 19.3 Å². The lowest BCUT2D eigenvalue weighted by atomic mass is 9.96. The number of hydrogen-bond donors (Lipinski definition) is 1. The molecule has 1 aromatic rings. The molecule has 0 spiro atoms. The first-order valence-corrected chi connectivity index (χ1v) is 7.52. The van der Waals surface area contributed by atoms with Gasteiger partial charge in [-0.15, -0.1) is 0 Å². The molecule has 0 aliphatic carbocycles. The maximum Gasteiger partial charge on any atom is 0.274 e. The van der Waals surface area contributed by atoms with Gasteiger partial charge in [0.1, 0.15) is 5.69 Å². The molecule has 0 aromatic carbocycles. The summed E-state index contributed by atoms with van der Waals surface area (Å²) < 4.78 is 0. The van der Waals surface area contributed by atoms with Gasteiger partial charge in [0.2, 0.25) is 0 Å². The van der Waals surface area contributed by atoms with Gasteiger partial charge in [-0.05, 0) is 45.2 Å². The Labute approximate surface area is 126 Å². The lowest BCUT2D eigenvalue weighted by Gasteiger charge is -2.39. The second-order valence-corrected chi connectivity index (χ2v) is 5.52. The molecule has 1 fully saturated rings. The summed E-state index contributed by atoms with van der Waals surface area (Å²) in [6, 6.07) is 4.06. The van der Waals surface area contributed by atoms with E-state index in [1.165, 1.54) is 0 Å². The highest BCUT2D eigenvalue weighted by Crippen LogP contribution is 2.24. The van der Waals surface area contributed by atoms with E-state index in [9.17, 15) is 4.79 Å². The number of nitrogens with zero attached hydrogens (tertiary/aromatic N) is 2. The van der Waals surface area contributed by atoms with E-state index in [0.29, 0.717) is 17.7 Å². The highest BCUT2D eigenvalue weighted by Gasteiger charge is 2.31. The van der Waals surface area contributed by atoms with Crippen LogP contribution in [-0.4, -0.2) is 39.6 Å². The Balaban J connectivity index is 2.29. The summed E-state index contributed by atoms with van der Waals surface area (Å²) in [7, 11) is 0. The van der Waals surface area contributed by atoms with Gasteiger partial charge in [-0.25, -0.2) is 4.98 Å². The zero-order chi connectivity index (χ0) is 15.2. The predicted octanol–water partition coefficient (Wildman–Crippen LogP) is 2.22. The van der Waals surface area contributed by atoms with Gasteiger partial charge in [0.05, 0.1) is 12.2 Å². The molecule has 1 saturated heterocycles. The minimum absolute atomic E-state index is 0.0245. The zero-order valence-electron chi connectivity index (χ0n) is 12.7. The fourth-order valence-electron chi connectivity index (χ4n) is 2.83. The molecule has 0 saturated carbocycles. The Morgan fingerprint density at radius 3 is 2.81 bits per heavy atom. The Kier molecular flexibility index (Phi) is 5.35. The van der Waals surface area contributed by atoms with E-state index in [-0.39, 0.29) is 24.6 Å². The third-order valence-corrected chi connectivity index (χ3v) is 3.90. The molecule has 0 radical (unpaired) electrons. The second kappa shape index (κ2) is 7.24. The number of carbonyl (C=O) groups is 1. The van der Waals surface area contributed by atoms with Crippen molar-refractivity contribution in [1.82, 2.24) is 9.88 Å². The van der Waals surface area contributed by atoms with Crippen LogP contribution < -0.4 is 0 Å². The van der Waals surface area contributed by atoms with Crippen LogP contribution in [-0.2, 0) is 0 Å². The van der Waals surface area contributed by atoms with E-state index >= 15 is 0 Å². The third-order valence-electron chi connectivity index (χ3n) is 3.90. The smallest absolute Gasteiger partial charge is 0.274 e. The minimum atomic E-state index is -0.0383. The van der Waals surface area contributed by atoms with E-state index < -0.39 is 0 Å². The molecule has 0 bridgehead atoms. The van der Waals surface area contributed by atoms with Crippen molar-refractivity contribution in [3.05, 3.63) is 29.6 Å². The summed E-state index contributed by atoms with van der Waals surface area (Å²) in [4.78, 5) is 19.0. The van der Waals surface area contributed by atoms with Crippen molar-refractivity contribution in [3.63, 3.8) is 0 Å². The van der Waals surface area contributed by atoms with Gasteiger partial charge >= 0.3 is 0 Å². The van der Waals surface area contributed by atoms with Crippen molar-refractivity contribution in [3.8, 4) is 11.8 Å². The number of aliphatic hydroxyl groups is 1. The summed E-state index contributed by atoms with van der Waals surface area (Å²) in [6.45, 7) is 4.21. The van der Waals surface area contributed by atoms with Gasteiger partial charge in [-0.2, -0.15) is 0 Å². The van der Waals surface area contributed by atoms with Crippen LogP contribution in [0.25, 0.3) is 0 Å². The summed E-state index contributed by atoms with van der Waals surface area (Å²) in [6.07, 6.45) is 5.27. The fourth-order valence-corrected chi connectivity index (χ4v) is 2.83. The number of aromatic nitrogens is 1. The monoisotopic (exact) mass is 286 g/mol. The van der Waals surface area contributed by atoms with Crippen molar-refractivity contribution in [2.75, 3.05) is 6.61 Å². The molecule has 4 nitrogen and oxygen atoms in total. The molecule has 2 atom stereocenters. The van der Waals surface area contributed by atoms with Crippen LogP contribution in [0.3, 0.4) is 0 Å². The molecule has 21 heavy (non-hydrogen) atoms. The average molecular weight is 286 g/mol. The Morgan fingerprint density at radius 2 is 2.14 bits per heavy atom. The fraction of sp³-hybridized carbons (Fsp3) is 0.529. The molecule has 2 rings (SSSR count). The molecule has 2 unspecified atom stereocenters. The molecule has 1 aromatic heterocycles. The quantitative estimate of drug-likeness (QED) is 0.848. The number of piperidine rings is 1. The van der Waals surface area contributed by atoms with Crippen LogP contribution in [0.2, 0.25) is 0 Å². The van der Waals surface area contributed by atoms with Gasteiger partial charge in [0, 0.05) is 24.7 Å². The highest BCUT2D eigenvalue weighted by atomic mass is 16.2. The van der Waals surface area contributed by atoms with Crippen LogP contribution >= 0.6 is 0 Å². The van der Waals surface area contributed by atoms with Crippen LogP contribution in [0.5, 0.6) is 0 Å². The number of aliphatic hydroxyl groups excluding tert-OH is 1. The summed E-state index contributed by atoms with van der Waals surface area (Å²) in [5.41, 5.74) is 1.06. The molecular formula is C17H22N2O2. The van der Waals surface area contributed by atoms with Crippen LogP contribution in [0.4, 0.5) is 0 Å². The second-order valence-electron chi connectivity index (χ2n) is 5.52. The summed E-state index contributed by atoms with van der Waals surface area (Å²) >= 11 is 0. The molecule has 1 amide bonds. The maximum atomic E-state index is 12.8. The number of hydrogen-bond acceptors (Lipinski definition) is 3. The summed E-state index contributed by atoms with van der Waals surface area (Å²) in [5.74, 6) is 5.77. The van der Waals surface area contributed by atoms with Crippen LogP contribution in [0.1, 0.15) is 55.6 Å². The lowest BCUT2D eigenvalue weighted by molar-refractivity contribution is 0.0504. The number of rotatable bonds is 2. The standard InChI is InChI=1S/C17H22N2O2/c1-13-7-5-8-14(2)19(13)17(21)16-15(9-3-4-12-20)10-6-11-18-16/h6,10-11,13-14,20H,4-5,7-8,12H2,1-2H3. The van der Waals surface area contributed by atoms with Gasteiger partial charge < -0.3 is 10.0 Å². The van der Waals surface area contributed by atoms with E-state index in [1.807, 2.05) is 11.0 Å². The van der Waals surface area contributed by atoms with Gasteiger partial charge in [0.25, 0.3) is 5.91 Å². The first kappa shape index (κ1) is 15.5. The SMILES string of the molecule is CC1CCCC(C)N1C(=O)c1ncccc1C#CCCO. The average Bonchev–Trinajstić information content (AvgIpc) is 2.47. The molecule has 1 aliphatic rings. The van der Waals surface area contributed by atoms with E-state index in [2.05, 4.69) is 30.7 Å². The number of amides is 1. The third kappa shape index (κ3) is 3.62. The highest BCUT2D eigenvalue weighted by molar-refractivity contribution is 5.95. The molecule has 4 heteroatoms. The largest absolute Gasteiger partial charge is 0.395 e. The number of carbonyl (C=O) groups excluding carboxylic acids is 1. The Bertz CT molecular complexity index is 549. The van der Waals surface area contributed by atoms with Crippen molar-refractivity contribution in [1.29, 1.82) is 0 Å². The minimum Gasteiger partial charge on any atom is -0.395 e. The molecule has 1 aliphatic heterocycles. The molecule has 1 N–H and O–H groups in total. The van der Waals surface area contributed by atoms with Crippen molar-refractivity contribution < 1.29 is 9.90 Å². The molecule has 112 valence electrons. The van der Waals surface area contributed by atoms with E-state index in [1.54, 1.807) is 12.3 Å². The maximum absolute atomic E-state index is 12.8. The predicted molar refractivity (Wildman–Crippen MR) is 81.8 cm³/mol. The Morgan fingerprint density at radius 1 is 1.43 bits per heavy atom. The first-order chi connectivity index (χ1) is 10.1. The molecule has 2 heterocycles. The van der Waals surface area contributed by atoms with Crippen LogP contribution in [0, 0.1) is 11.8 Å². The number of pyridine rings is 1. The topological polar surface area (TPSA) is 53.4 Å². The van der Waals surface area contributed by atoms with Gasteiger partial charge in [-0.3, -0.25) is 4.79 Å². The van der Waals surface area contributed by atoms with Crippen molar-refractivity contribution in [2.24, 2.45) is 0 Å². The zero-order valence-corrected chi connectivity index (χ0v) is 12.7. The first-order valence-electron chi connectivity index (χ1n) is 7.52. The van der Waals surface area contributed by atoms with E-state index in [4.69, 9.17) is 5.11 Å². The van der Waals surface area contributed by atoms with Crippen molar-refractivity contribution >= 4 is 5.91 Å². The Hall–Kier alpha value is -1.86. The van der Waals surface area contributed by atoms with Gasteiger partial charge in [-0.1, -0.05) is 11.8 Å². The number of likely N-dealkylation sites (tertiary alicyclic amines) is 1. The molecular weight excluding hydrogens is 264 g/mol. The summed E-state index contributed by atoms with van der Waals surface area (Å²) in [5, 5.41) is 8.80.